The van der Waals surface area contributed by atoms with Gasteiger partial charge in [-0.05, 0) is 42.8 Å². The van der Waals surface area contributed by atoms with Crippen molar-refractivity contribution in [2.24, 2.45) is 0 Å². The molecule has 0 aliphatic heterocycles. The van der Waals surface area contributed by atoms with Crippen LogP contribution in [0.5, 0.6) is 0 Å². The lowest BCUT2D eigenvalue weighted by Crippen LogP contribution is -2.09. The minimum atomic E-state index is -1.12. The van der Waals surface area contributed by atoms with Gasteiger partial charge in [-0.3, -0.25) is 4.98 Å². The van der Waals surface area contributed by atoms with E-state index >= 15 is 0 Å². The maximum Gasteiger partial charge on any atom is 0.355 e. The summed E-state index contributed by atoms with van der Waals surface area (Å²) in [5.41, 5.74) is 3.21. The van der Waals surface area contributed by atoms with Crippen LogP contribution < -0.4 is 0 Å². The molecule has 0 saturated heterocycles. The van der Waals surface area contributed by atoms with Crippen LogP contribution in [0.25, 0.3) is 27.5 Å². The Morgan fingerprint density at radius 3 is 2.50 bits per heavy atom. The lowest BCUT2D eigenvalue weighted by Gasteiger charge is -2.05. The van der Waals surface area contributed by atoms with Crippen LogP contribution in [-0.2, 0) is 0 Å². The first-order valence-corrected chi connectivity index (χ1v) is 12.1. The highest BCUT2D eigenvalue weighted by Crippen LogP contribution is 2.41. The number of carboxylic acid groups (broad SMARTS) is 1. The molecule has 0 aliphatic carbocycles. The lowest BCUT2D eigenvalue weighted by molar-refractivity contribution is 0.0688. The van der Waals surface area contributed by atoms with E-state index in [9.17, 15) is 9.90 Å². The van der Waals surface area contributed by atoms with Crippen LogP contribution in [0.4, 0.5) is 0 Å². The van der Waals surface area contributed by atoms with Crippen LogP contribution in [0.2, 0.25) is 10.0 Å². The summed E-state index contributed by atoms with van der Waals surface area (Å²) in [7, 11) is 0. The van der Waals surface area contributed by atoms with Gasteiger partial charge in [0.1, 0.15) is 0 Å². The van der Waals surface area contributed by atoms with Crippen molar-refractivity contribution in [3.63, 3.8) is 0 Å². The number of carboxylic acids is 1. The largest absolute Gasteiger partial charge is 0.476 e. The van der Waals surface area contributed by atoms with Gasteiger partial charge in [0.25, 0.3) is 0 Å². The molecule has 0 atom stereocenters. The molecule has 10 heteroatoms. The molecule has 164 valence electrons. The fourth-order valence-electron chi connectivity index (χ4n) is 3.27. The van der Waals surface area contributed by atoms with Gasteiger partial charge in [-0.2, -0.15) is 9.78 Å². The monoisotopic (exact) mass is 504 g/mol. The number of rotatable bonds is 6. The van der Waals surface area contributed by atoms with Crippen LogP contribution in [0.15, 0.2) is 46.9 Å². The fourth-order valence-corrected chi connectivity index (χ4v) is 6.28. The van der Waals surface area contributed by atoms with E-state index in [2.05, 4.69) is 23.9 Å². The molecule has 32 heavy (non-hydrogen) atoms. The van der Waals surface area contributed by atoms with E-state index in [4.69, 9.17) is 28.2 Å². The maximum atomic E-state index is 12.3. The highest BCUT2D eigenvalue weighted by Gasteiger charge is 2.27. The van der Waals surface area contributed by atoms with E-state index in [1.165, 1.54) is 16.0 Å². The summed E-state index contributed by atoms with van der Waals surface area (Å²) in [6.07, 6.45) is 3.45. The van der Waals surface area contributed by atoms with Gasteiger partial charge < -0.3 is 5.11 Å². The molecule has 0 radical (unpaired) electrons. The van der Waals surface area contributed by atoms with E-state index in [0.717, 1.165) is 15.5 Å². The number of nitrogens with zero attached hydrogens (tertiary/aromatic N) is 4. The molecule has 0 spiro atoms. The van der Waals surface area contributed by atoms with Crippen molar-refractivity contribution in [2.45, 2.75) is 30.2 Å². The molecule has 6 nitrogen and oxygen atoms in total. The van der Waals surface area contributed by atoms with Crippen molar-refractivity contribution < 1.29 is 9.90 Å². The van der Waals surface area contributed by atoms with Crippen LogP contribution in [0.3, 0.4) is 0 Å². The number of thioether (sulfide) groups is 1. The third-order valence-electron chi connectivity index (χ3n) is 4.46. The maximum absolute atomic E-state index is 12.3. The van der Waals surface area contributed by atoms with Gasteiger partial charge in [-0.1, -0.05) is 48.4 Å². The van der Waals surface area contributed by atoms with E-state index < -0.39 is 5.97 Å². The number of pyridine rings is 1. The number of halogens is 2. The Bertz CT molecular complexity index is 1280. The first kappa shape index (κ1) is 22.8. The quantitative estimate of drug-likeness (QED) is 0.288. The summed E-state index contributed by atoms with van der Waals surface area (Å²) in [5, 5.41) is 16.3. The number of hydrogen-bond acceptors (Lipinski definition) is 6. The summed E-state index contributed by atoms with van der Waals surface area (Å²) in [4.78, 5) is 21.3. The third-order valence-corrected chi connectivity index (χ3v) is 7.14. The van der Waals surface area contributed by atoms with Gasteiger partial charge in [0.2, 0.25) is 5.13 Å². The Morgan fingerprint density at radius 2 is 1.91 bits per heavy atom. The van der Waals surface area contributed by atoms with Gasteiger partial charge in [0, 0.05) is 38.8 Å². The van der Waals surface area contributed by atoms with E-state index in [0.29, 0.717) is 37.2 Å². The second kappa shape index (κ2) is 9.23. The Kier molecular flexibility index (Phi) is 6.57. The highest BCUT2D eigenvalue weighted by molar-refractivity contribution is 8.01. The van der Waals surface area contributed by atoms with Crippen molar-refractivity contribution in [1.82, 2.24) is 19.7 Å². The molecular formula is C22H18Cl2N4O2S2. The van der Waals surface area contributed by atoms with Gasteiger partial charge in [0.05, 0.1) is 15.6 Å². The molecule has 0 unspecified atom stereocenters. The first-order chi connectivity index (χ1) is 15.2. The number of carbonyl (C=O) groups is 1. The summed E-state index contributed by atoms with van der Waals surface area (Å²) >= 11 is 15.4. The van der Waals surface area contributed by atoms with Crippen molar-refractivity contribution in [3.05, 3.63) is 64.2 Å². The number of hydrogen-bond donors (Lipinski definition) is 1. The molecule has 0 bridgehead atoms. The Hall–Kier alpha value is -2.39. The summed E-state index contributed by atoms with van der Waals surface area (Å²) < 4.78 is 2.36. The number of aryl methyl sites for hydroxylation is 1. The van der Waals surface area contributed by atoms with Crippen LogP contribution in [0.1, 0.15) is 30.0 Å². The molecule has 4 rings (SSSR count). The standard InChI is InChI=1S/C22H18Cl2N4O2S2/c1-11(2)31-21-18(13-5-4-6-25-10-13)26-22(32-21)28-19(20(29)30)17(12(3)27-28)14-7-15(23)9-16(24)8-14/h4-11H,1-3H3,(H,29,30). The zero-order valence-corrected chi connectivity index (χ0v) is 20.5. The van der Waals surface area contributed by atoms with Gasteiger partial charge in [-0.25, -0.2) is 9.78 Å². The van der Waals surface area contributed by atoms with Gasteiger partial charge in [0.15, 0.2) is 5.69 Å². The Labute approximate surface area is 203 Å². The molecule has 0 fully saturated rings. The van der Waals surface area contributed by atoms with Crippen LogP contribution >= 0.6 is 46.3 Å². The van der Waals surface area contributed by atoms with Gasteiger partial charge in [-0.15, -0.1) is 11.8 Å². The molecule has 4 aromatic rings. The molecule has 3 heterocycles. The highest BCUT2D eigenvalue weighted by atomic mass is 35.5. The van der Waals surface area contributed by atoms with E-state index in [-0.39, 0.29) is 5.69 Å². The number of aromatic nitrogens is 4. The van der Waals surface area contributed by atoms with Crippen LogP contribution in [0, 0.1) is 6.92 Å². The van der Waals surface area contributed by atoms with E-state index in [1.807, 2.05) is 12.1 Å². The van der Waals surface area contributed by atoms with Crippen molar-refractivity contribution in [3.8, 4) is 27.5 Å². The Balaban J connectivity index is 1.93. The average molecular weight is 505 g/mol. The van der Waals surface area contributed by atoms with Crippen LogP contribution in [-0.4, -0.2) is 36.1 Å². The minimum absolute atomic E-state index is 0.00779. The molecule has 0 aliphatic rings. The first-order valence-electron chi connectivity index (χ1n) is 9.62. The fraction of sp³-hybridized carbons (Fsp3) is 0.182. The number of thiazole rings is 1. The zero-order valence-electron chi connectivity index (χ0n) is 17.3. The van der Waals surface area contributed by atoms with Crippen molar-refractivity contribution >= 4 is 52.3 Å². The topological polar surface area (TPSA) is 80.9 Å². The predicted octanol–water partition coefficient (Wildman–Crippen LogP) is 6.87. The molecule has 1 aromatic carbocycles. The molecular weight excluding hydrogens is 487 g/mol. The van der Waals surface area contributed by atoms with E-state index in [1.54, 1.807) is 49.3 Å². The molecule has 0 saturated carbocycles. The second-order valence-corrected chi connectivity index (χ2v) is 10.9. The molecule has 3 aromatic heterocycles. The number of aromatic carboxylic acids is 1. The SMILES string of the molecule is Cc1nn(-c2nc(-c3cccnc3)c(SC(C)C)s2)c(C(=O)O)c1-c1cc(Cl)cc(Cl)c1. The zero-order chi connectivity index (χ0) is 23.0. The lowest BCUT2D eigenvalue weighted by atomic mass is 10.0. The molecule has 0 amide bonds. The number of benzene rings is 1. The summed E-state index contributed by atoms with van der Waals surface area (Å²) in [6.45, 7) is 5.95. The third kappa shape index (κ3) is 4.54. The predicted molar refractivity (Wildman–Crippen MR) is 131 cm³/mol. The smallest absolute Gasteiger partial charge is 0.355 e. The second-order valence-electron chi connectivity index (χ2n) is 7.22. The summed E-state index contributed by atoms with van der Waals surface area (Å²) in [6, 6.07) is 8.74. The average Bonchev–Trinajstić information content (AvgIpc) is 3.28. The Morgan fingerprint density at radius 1 is 1.19 bits per heavy atom. The summed E-state index contributed by atoms with van der Waals surface area (Å²) in [5.74, 6) is -1.12. The van der Waals surface area contributed by atoms with Crippen molar-refractivity contribution in [2.75, 3.05) is 0 Å². The normalized spacial score (nSPS) is 11.3. The van der Waals surface area contributed by atoms with Gasteiger partial charge >= 0.3 is 5.97 Å². The van der Waals surface area contributed by atoms with Crippen molar-refractivity contribution in [1.29, 1.82) is 0 Å². The minimum Gasteiger partial charge on any atom is -0.476 e. The molecule has 1 N–H and O–H groups in total.